The Bertz CT molecular complexity index is 704. The Hall–Kier alpha value is -2.36. The summed E-state index contributed by atoms with van der Waals surface area (Å²) in [6.07, 6.45) is 4.01. The van der Waals surface area contributed by atoms with Crippen molar-refractivity contribution in [2.45, 2.75) is 46.2 Å². The normalized spacial score (nSPS) is 15.3. The number of hydrogen-bond acceptors (Lipinski definition) is 3. The molecule has 0 saturated carbocycles. The molecule has 0 unspecified atom stereocenters. The molecule has 26 heavy (non-hydrogen) atoms. The first-order valence-electron chi connectivity index (χ1n) is 9.60. The van der Waals surface area contributed by atoms with E-state index in [0.717, 1.165) is 38.2 Å². The second kappa shape index (κ2) is 8.35. The van der Waals surface area contributed by atoms with Crippen LogP contribution in [-0.4, -0.2) is 34.9 Å². The Morgan fingerprint density at radius 2 is 1.85 bits per heavy atom. The molecule has 0 aliphatic carbocycles. The first kappa shape index (κ1) is 18.4. The molecule has 0 bridgehead atoms. The Labute approximate surface area is 156 Å². The highest BCUT2D eigenvalue weighted by molar-refractivity contribution is 5.92. The number of rotatable bonds is 5. The first-order valence-corrected chi connectivity index (χ1v) is 9.60. The summed E-state index contributed by atoms with van der Waals surface area (Å²) in [4.78, 5) is 21.4. The number of nitrogens with zero attached hydrogens (tertiary/aromatic N) is 3. The van der Waals surface area contributed by atoms with Crippen LogP contribution in [0.1, 0.15) is 49.7 Å². The SMILES string of the molecule is CC1CCN(C(=O)c2ccc(N(Cc3ccccc3)C(C)C)cn2)CC1. The molecule has 1 aromatic heterocycles. The zero-order valence-corrected chi connectivity index (χ0v) is 16.1. The summed E-state index contributed by atoms with van der Waals surface area (Å²) in [5.41, 5.74) is 2.86. The molecule has 4 nitrogen and oxygen atoms in total. The fourth-order valence-electron chi connectivity index (χ4n) is 3.41. The highest BCUT2D eigenvalue weighted by Gasteiger charge is 2.22. The number of amides is 1. The van der Waals surface area contributed by atoms with Crippen molar-refractivity contribution in [3.63, 3.8) is 0 Å². The minimum Gasteiger partial charge on any atom is -0.364 e. The van der Waals surface area contributed by atoms with Gasteiger partial charge in [-0.1, -0.05) is 37.3 Å². The van der Waals surface area contributed by atoms with Crippen molar-refractivity contribution >= 4 is 11.6 Å². The molecule has 4 heteroatoms. The van der Waals surface area contributed by atoms with E-state index in [9.17, 15) is 4.79 Å². The van der Waals surface area contributed by atoms with E-state index >= 15 is 0 Å². The standard InChI is InChI=1S/C22H29N3O/c1-17(2)25(16-19-7-5-4-6-8-19)20-9-10-21(23-15-20)22(26)24-13-11-18(3)12-14-24/h4-10,15,17-18H,11-14,16H2,1-3H3. The second-order valence-electron chi connectivity index (χ2n) is 7.58. The van der Waals surface area contributed by atoms with Gasteiger partial charge in [0.1, 0.15) is 5.69 Å². The van der Waals surface area contributed by atoms with Crippen LogP contribution < -0.4 is 4.90 Å². The van der Waals surface area contributed by atoms with Gasteiger partial charge in [-0.05, 0) is 50.3 Å². The van der Waals surface area contributed by atoms with Crippen LogP contribution in [0.5, 0.6) is 0 Å². The van der Waals surface area contributed by atoms with Gasteiger partial charge in [-0.25, -0.2) is 4.98 Å². The molecule has 3 rings (SSSR count). The third kappa shape index (κ3) is 4.43. The fraction of sp³-hybridized carbons (Fsp3) is 0.455. The average Bonchev–Trinajstić information content (AvgIpc) is 2.67. The molecule has 2 heterocycles. The average molecular weight is 351 g/mol. The van der Waals surface area contributed by atoms with Gasteiger partial charge in [0.2, 0.25) is 0 Å². The van der Waals surface area contributed by atoms with Crippen molar-refractivity contribution in [3.8, 4) is 0 Å². The van der Waals surface area contributed by atoms with Crippen molar-refractivity contribution < 1.29 is 4.79 Å². The number of hydrogen-bond donors (Lipinski definition) is 0. The molecule has 0 radical (unpaired) electrons. The number of likely N-dealkylation sites (tertiary alicyclic amines) is 1. The molecule has 1 aliphatic heterocycles. The summed E-state index contributed by atoms with van der Waals surface area (Å²) in [7, 11) is 0. The van der Waals surface area contributed by atoms with Gasteiger partial charge in [-0.15, -0.1) is 0 Å². The van der Waals surface area contributed by atoms with E-state index in [2.05, 4.69) is 54.9 Å². The van der Waals surface area contributed by atoms with Crippen LogP contribution in [0.4, 0.5) is 5.69 Å². The van der Waals surface area contributed by atoms with E-state index in [-0.39, 0.29) is 5.91 Å². The Kier molecular flexibility index (Phi) is 5.92. The van der Waals surface area contributed by atoms with Crippen LogP contribution >= 0.6 is 0 Å². The lowest BCUT2D eigenvalue weighted by Crippen LogP contribution is -2.38. The lowest BCUT2D eigenvalue weighted by molar-refractivity contribution is 0.0691. The Balaban J connectivity index is 1.71. The molecule has 2 aromatic rings. The maximum Gasteiger partial charge on any atom is 0.272 e. The number of piperidine rings is 1. The Morgan fingerprint density at radius 3 is 2.42 bits per heavy atom. The highest BCUT2D eigenvalue weighted by atomic mass is 16.2. The number of pyridine rings is 1. The first-order chi connectivity index (χ1) is 12.5. The number of anilines is 1. The second-order valence-corrected chi connectivity index (χ2v) is 7.58. The van der Waals surface area contributed by atoms with Crippen LogP contribution in [0.25, 0.3) is 0 Å². The molecular weight excluding hydrogens is 322 g/mol. The summed E-state index contributed by atoms with van der Waals surface area (Å²) in [6.45, 7) is 9.12. The van der Waals surface area contributed by atoms with Gasteiger partial charge in [0.15, 0.2) is 0 Å². The van der Waals surface area contributed by atoms with Crippen LogP contribution in [-0.2, 0) is 6.54 Å². The number of aromatic nitrogens is 1. The molecule has 138 valence electrons. The monoisotopic (exact) mass is 351 g/mol. The van der Waals surface area contributed by atoms with Gasteiger partial charge in [0, 0.05) is 25.7 Å². The molecule has 1 aromatic carbocycles. The minimum atomic E-state index is 0.0580. The predicted molar refractivity (Wildman–Crippen MR) is 106 cm³/mol. The van der Waals surface area contributed by atoms with Crippen molar-refractivity contribution in [1.82, 2.24) is 9.88 Å². The maximum absolute atomic E-state index is 12.7. The third-order valence-electron chi connectivity index (χ3n) is 5.19. The van der Waals surface area contributed by atoms with E-state index in [1.165, 1.54) is 5.56 Å². The van der Waals surface area contributed by atoms with E-state index in [0.29, 0.717) is 17.7 Å². The van der Waals surface area contributed by atoms with Gasteiger partial charge < -0.3 is 9.80 Å². The summed E-state index contributed by atoms with van der Waals surface area (Å²) in [5, 5.41) is 0. The third-order valence-corrected chi connectivity index (χ3v) is 5.19. The molecule has 0 atom stereocenters. The van der Waals surface area contributed by atoms with Gasteiger partial charge >= 0.3 is 0 Å². The number of carbonyl (C=O) groups is 1. The maximum atomic E-state index is 12.7. The highest BCUT2D eigenvalue weighted by Crippen LogP contribution is 2.21. The molecule has 0 N–H and O–H groups in total. The van der Waals surface area contributed by atoms with E-state index in [4.69, 9.17) is 0 Å². The zero-order valence-electron chi connectivity index (χ0n) is 16.1. The van der Waals surface area contributed by atoms with Crippen molar-refractivity contribution in [2.75, 3.05) is 18.0 Å². The van der Waals surface area contributed by atoms with Crippen LogP contribution in [0.3, 0.4) is 0 Å². The van der Waals surface area contributed by atoms with Gasteiger partial charge in [0.25, 0.3) is 5.91 Å². The van der Waals surface area contributed by atoms with Gasteiger partial charge in [-0.2, -0.15) is 0 Å². The fourth-order valence-corrected chi connectivity index (χ4v) is 3.41. The summed E-state index contributed by atoms with van der Waals surface area (Å²) in [5.74, 6) is 0.773. The Morgan fingerprint density at radius 1 is 1.15 bits per heavy atom. The zero-order chi connectivity index (χ0) is 18.5. The van der Waals surface area contributed by atoms with Crippen LogP contribution in [0, 0.1) is 5.92 Å². The van der Waals surface area contributed by atoms with Crippen molar-refractivity contribution in [2.24, 2.45) is 5.92 Å². The quantitative estimate of drug-likeness (QED) is 0.803. The largest absolute Gasteiger partial charge is 0.364 e. The summed E-state index contributed by atoms with van der Waals surface area (Å²) >= 11 is 0. The van der Waals surface area contributed by atoms with E-state index < -0.39 is 0 Å². The molecular formula is C22H29N3O. The summed E-state index contributed by atoms with van der Waals surface area (Å²) < 4.78 is 0. The molecule has 0 spiro atoms. The van der Waals surface area contributed by atoms with Crippen LogP contribution in [0.15, 0.2) is 48.7 Å². The molecule has 1 aliphatic rings. The summed E-state index contributed by atoms with van der Waals surface area (Å²) in [6, 6.07) is 14.7. The predicted octanol–water partition coefficient (Wildman–Crippen LogP) is 4.37. The van der Waals surface area contributed by atoms with E-state index in [1.807, 2.05) is 29.3 Å². The number of carbonyl (C=O) groups excluding carboxylic acids is 1. The van der Waals surface area contributed by atoms with Crippen molar-refractivity contribution in [1.29, 1.82) is 0 Å². The van der Waals surface area contributed by atoms with Gasteiger partial charge in [-0.3, -0.25) is 4.79 Å². The van der Waals surface area contributed by atoms with Crippen LogP contribution in [0.2, 0.25) is 0 Å². The number of benzene rings is 1. The molecule has 1 fully saturated rings. The lowest BCUT2D eigenvalue weighted by Gasteiger charge is -2.31. The van der Waals surface area contributed by atoms with Gasteiger partial charge in [0.05, 0.1) is 11.9 Å². The molecule has 1 saturated heterocycles. The van der Waals surface area contributed by atoms with Crippen molar-refractivity contribution in [3.05, 3.63) is 59.9 Å². The minimum absolute atomic E-state index is 0.0580. The molecule has 1 amide bonds. The van der Waals surface area contributed by atoms with E-state index in [1.54, 1.807) is 0 Å². The topological polar surface area (TPSA) is 36.4 Å². The smallest absolute Gasteiger partial charge is 0.272 e. The lowest BCUT2D eigenvalue weighted by atomic mass is 9.99.